The standard InChI is InChI=1S/C15H9F2NO2S/c16-12-3-1-10(11(5-12)7-18)8-21-14-6-9(15(19)20)2-4-13(14)17/h1-6H,8H2,(H,19,20). The topological polar surface area (TPSA) is 61.1 Å². The molecule has 0 heterocycles. The van der Waals surface area contributed by atoms with Gasteiger partial charge in [0.15, 0.2) is 0 Å². The van der Waals surface area contributed by atoms with Crippen LogP contribution in [0.1, 0.15) is 21.5 Å². The summed E-state index contributed by atoms with van der Waals surface area (Å²) in [7, 11) is 0. The number of carboxylic acid groups (broad SMARTS) is 1. The highest BCUT2D eigenvalue weighted by Crippen LogP contribution is 2.28. The molecule has 0 atom stereocenters. The molecule has 0 spiro atoms. The van der Waals surface area contributed by atoms with E-state index in [0.717, 1.165) is 23.9 Å². The molecule has 21 heavy (non-hydrogen) atoms. The lowest BCUT2D eigenvalue weighted by Crippen LogP contribution is -1.97. The van der Waals surface area contributed by atoms with Gasteiger partial charge in [-0.3, -0.25) is 0 Å². The predicted molar refractivity (Wildman–Crippen MR) is 74.0 cm³/mol. The normalized spacial score (nSPS) is 10.1. The molecule has 0 amide bonds. The molecule has 0 aliphatic heterocycles. The van der Waals surface area contributed by atoms with E-state index >= 15 is 0 Å². The van der Waals surface area contributed by atoms with E-state index in [1.807, 2.05) is 6.07 Å². The van der Waals surface area contributed by atoms with Crippen LogP contribution < -0.4 is 0 Å². The highest BCUT2D eigenvalue weighted by molar-refractivity contribution is 7.98. The van der Waals surface area contributed by atoms with E-state index in [4.69, 9.17) is 10.4 Å². The molecule has 0 radical (unpaired) electrons. The van der Waals surface area contributed by atoms with Crippen molar-refractivity contribution in [2.45, 2.75) is 10.6 Å². The Bertz CT molecular complexity index is 741. The van der Waals surface area contributed by atoms with Crippen molar-refractivity contribution < 1.29 is 18.7 Å². The minimum absolute atomic E-state index is 0.0153. The Morgan fingerprint density at radius 2 is 2.00 bits per heavy atom. The van der Waals surface area contributed by atoms with Crippen LogP contribution in [-0.4, -0.2) is 11.1 Å². The summed E-state index contributed by atoms with van der Waals surface area (Å²) in [5.41, 5.74) is 0.722. The maximum absolute atomic E-state index is 13.6. The number of nitriles is 1. The zero-order valence-electron chi connectivity index (χ0n) is 10.6. The lowest BCUT2D eigenvalue weighted by molar-refractivity contribution is 0.0696. The van der Waals surface area contributed by atoms with Gasteiger partial charge in [0.05, 0.1) is 17.2 Å². The molecule has 0 bridgehead atoms. The van der Waals surface area contributed by atoms with Gasteiger partial charge >= 0.3 is 5.97 Å². The number of thioether (sulfide) groups is 1. The zero-order valence-corrected chi connectivity index (χ0v) is 11.5. The minimum atomic E-state index is -1.14. The molecule has 0 fully saturated rings. The van der Waals surface area contributed by atoms with Gasteiger partial charge in [-0.05, 0) is 35.9 Å². The molecule has 0 saturated heterocycles. The van der Waals surface area contributed by atoms with Gasteiger partial charge in [0.25, 0.3) is 0 Å². The molecule has 0 aliphatic carbocycles. The van der Waals surface area contributed by atoms with E-state index in [2.05, 4.69) is 0 Å². The number of carbonyl (C=O) groups is 1. The molecule has 6 heteroatoms. The molecule has 2 rings (SSSR count). The number of aromatic carboxylic acids is 1. The number of hydrogen-bond acceptors (Lipinski definition) is 3. The van der Waals surface area contributed by atoms with E-state index in [1.165, 1.54) is 24.3 Å². The summed E-state index contributed by atoms with van der Waals surface area (Å²) in [4.78, 5) is 11.0. The van der Waals surface area contributed by atoms with Crippen molar-refractivity contribution in [3.05, 3.63) is 64.7 Å². The van der Waals surface area contributed by atoms with Crippen LogP contribution in [0, 0.1) is 23.0 Å². The van der Waals surface area contributed by atoms with Crippen molar-refractivity contribution >= 4 is 17.7 Å². The van der Waals surface area contributed by atoms with Crippen molar-refractivity contribution in [1.29, 1.82) is 5.26 Å². The van der Waals surface area contributed by atoms with Crippen molar-refractivity contribution in [1.82, 2.24) is 0 Å². The van der Waals surface area contributed by atoms with Crippen LogP contribution in [0.15, 0.2) is 41.3 Å². The van der Waals surface area contributed by atoms with Crippen LogP contribution in [0.2, 0.25) is 0 Å². The number of carboxylic acids is 1. The molecule has 2 aromatic rings. The summed E-state index contributed by atoms with van der Waals surface area (Å²) in [5, 5.41) is 17.8. The van der Waals surface area contributed by atoms with Crippen molar-refractivity contribution in [2.75, 3.05) is 0 Å². The van der Waals surface area contributed by atoms with Crippen molar-refractivity contribution in [3.8, 4) is 6.07 Å². The Morgan fingerprint density at radius 3 is 2.67 bits per heavy atom. The Morgan fingerprint density at radius 1 is 1.24 bits per heavy atom. The first kappa shape index (κ1) is 15.0. The Hall–Kier alpha value is -2.39. The lowest BCUT2D eigenvalue weighted by atomic mass is 10.1. The summed E-state index contributed by atoms with van der Waals surface area (Å²) in [5.74, 6) is -1.95. The molecule has 0 unspecified atom stereocenters. The monoisotopic (exact) mass is 305 g/mol. The van der Waals surface area contributed by atoms with Crippen molar-refractivity contribution in [3.63, 3.8) is 0 Å². The Kier molecular flexibility index (Phi) is 4.55. The molecular formula is C15H9F2NO2S. The molecule has 0 saturated carbocycles. The van der Waals surface area contributed by atoms with Crippen LogP contribution in [0.5, 0.6) is 0 Å². The number of halogens is 2. The zero-order chi connectivity index (χ0) is 15.4. The molecule has 3 nitrogen and oxygen atoms in total. The van der Waals surface area contributed by atoms with Gasteiger partial charge in [0, 0.05) is 10.6 Å². The fraction of sp³-hybridized carbons (Fsp3) is 0.0667. The fourth-order valence-corrected chi connectivity index (χ4v) is 2.66. The van der Waals surface area contributed by atoms with E-state index in [9.17, 15) is 13.6 Å². The first-order valence-corrected chi connectivity index (χ1v) is 6.84. The third-order valence-electron chi connectivity index (χ3n) is 2.75. The molecule has 0 aromatic heterocycles. The van der Waals surface area contributed by atoms with Gasteiger partial charge in [-0.2, -0.15) is 5.26 Å². The summed E-state index contributed by atoms with van der Waals surface area (Å²) in [6.07, 6.45) is 0. The van der Waals surface area contributed by atoms with Crippen LogP contribution >= 0.6 is 11.8 Å². The van der Waals surface area contributed by atoms with Crippen LogP contribution in [-0.2, 0) is 5.75 Å². The van der Waals surface area contributed by atoms with Gasteiger partial charge < -0.3 is 5.11 Å². The molecular weight excluding hydrogens is 296 g/mol. The smallest absolute Gasteiger partial charge is 0.335 e. The first-order chi connectivity index (χ1) is 10.0. The Labute approximate surface area is 123 Å². The number of rotatable bonds is 4. The Balaban J connectivity index is 2.22. The molecule has 1 N–H and O–H groups in total. The van der Waals surface area contributed by atoms with E-state index in [-0.39, 0.29) is 21.8 Å². The molecule has 2 aromatic carbocycles. The van der Waals surface area contributed by atoms with Crippen molar-refractivity contribution in [2.24, 2.45) is 0 Å². The summed E-state index contributed by atoms with van der Waals surface area (Å²) in [6.45, 7) is 0. The highest BCUT2D eigenvalue weighted by atomic mass is 32.2. The third-order valence-corrected chi connectivity index (χ3v) is 3.83. The minimum Gasteiger partial charge on any atom is -0.478 e. The number of nitrogens with zero attached hydrogens (tertiary/aromatic N) is 1. The SMILES string of the molecule is N#Cc1cc(F)ccc1CSc1cc(C(=O)O)ccc1F. The maximum atomic E-state index is 13.6. The fourth-order valence-electron chi connectivity index (χ4n) is 1.68. The third kappa shape index (κ3) is 3.58. The highest BCUT2D eigenvalue weighted by Gasteiger charge is 2.10. The van der Waals surface area contributed by atoms with Gasteiger partial charge in [0.1, 0.15) is 11.6 Å². The van der Waals surface area contributed by atoms with Gasteiger partial charge in [-0.1, -0.05) is 6.07 Å². The van der Waals surface area contributed by atoms with Crippen LogP contribution in [0.4, 0.5) is 8.78 Å². The second-order valence-corrected chi connectivity index (χ2v) is 5.17. The number of hydrogen-bond donors (Lipinski definition) is 1. The average Bonchev–Trinajstić information content (AvgIpc) is 2.47. The second kappa shape index (κ2) is 6.37. The quantitative estimate of drug-likeness (QED) is 0.872. The van der Waals surface area contributed by atoms with Gasteiger partial charge in [0.2, 0.25) is 0 Å². The summed E-state index contributed by atoms with van der Waals surface area (Å²) in [6, 6.07) is 9.17. The maximum Gasteiger partial charge on any atom is 0.335 e. The largest absolute Gasteiger partial charge is 0.478 e. The molecule has 0 aliphatic rings. The predicted octanol–water partition coefficient (Wildman–Crippen LogP) is 3.83. The first-order valence-electron chi connectivity index (χ1n) is 5.85. The summed E-state index contributed by atoms with van der Waals surface area (Å²) >= 11 is 1.06. The van der Waals surface area contributed by atoms with E-state index in [0.29, 0.717) is 5.56 Å². The average molecular weight is 305 g/mol. The van der Waals surface area contributed by atoms with E-state index in [1.54, 1.807) is 0 Å². The second-order valence-electron chi connectivity index (χ2n) is 4.15. The van der Waals surface area contributed by atoms with E-state index < -0.39 is 17.6 Å². The van der Waals surface area contributed by atoms with Gasteiger partial charge in [-0.25, -0.2) is 13.6 Å². The van der Waals surface area contributed by atoms with Crippen LogP contribution in [0.3, 0.4) is 0 Å². The lowest BCUT2D eigenvalue weighted by Gasteiger charge is -2.06. The van der Waals surface area contributed by atoms with Gasteiger partial charge in [-0.15, -0.1) is 11.8 Å². The number of benzene rings is 2. The van der Waals surface area contributed by atoms with Crippen LogP contribution in [0.25, 0.3) is 0 Å². The summed E-state index contributed by atoms with van der Waals surface area (Å²) < 4.78 is 26.7. The molecule has 106 valence electrons.